The van der Waals surface area contributed by atoms with Crippen molar-refractivity contribution < 1.29 is 0 Å². The minimum absolute atomic E-state index is 1.03. The third-order valence-corrected chi connectivity index (χ3v) is 11.0. The van der Waals surface area contributed by atoms with Gasteiger partial charge in [-0.25, -0.2) is 9.97 Å². The topological polar surface area (TPSA) is 25.8 Å². The van der Waals surface area contributed by atoms with Gasteiger partial charge in [-0.3, -0.25) is 0 Å². The number of nitrogens with zero attached hydrogens (tertiary/aromatic N) is 2. The Hall–Kier alpha value is -5.68. The molecule has 0 aliphatic rings. The lowest BCUT2D eigenvalue weighted by molar-refractivity contribution is 1.41. The second-order valence-electron chi connectivity index (χ2n) is 11.9. The maximum atomic E-state index is 4.79. The van der Waals surface area contributed by atoms with Crippen LogP contribution in [-0.2, 0) is 0 Å². The van der Waals surface area contributed by atoms with E-state index in [9.17, 15) is 0 Å². The van der Waals surface area contributed by atoms with Crippen molar-refractivity contribution >= 4 is 44.2 Å². The molecular weight excluding hydrogens is 621 g/mol. The van der Waals surface area contributed by atoms with E-state index >= 15 is 0 Å². The Labute approximate surface area is 287 Å². The Kier molecular flexibility index (Phi) is 7.23. The summed E-state index contributed by atoms with van der Waals surface area (Å²) in [6, 6.07) is 56.4. The third-order valence-electron chi connectivity index (χ3n) is 8.85. The molecule has 0 bridgehead atoms. The Bertz CT molecular complexity index is 2350. The maximum absolute atomic E-state index is 4.79. The van der Waals surface area contributed by atoms with Crippen molar-refractivity contribution in [3.63, 3.8) is 0 Å². The molecule has 7 aromatic carbocycles. The monoisotopic (exact) mass is 648 g/mol. The fraction of sp³-hybridized carbons (Fsp3) is 0. The van der Waals surface area contributed by atoms with Gasteiger partial charge < -0.3 is 0 Å². The highest BCUT2D eigenvalue weighted by Gasteiger charge is 2.11. The summed E-state index contributed by atoms with van der Waals surface area (Å²) in [6.07, 6.45) is 4.00. The lowest BCUT2D eigenvalue weighted by Gasteiger charge is -2.06. The van der Waals surface area contributed by atoms with Crippen molar-refractivity contribution in [3.8, 4) is 64.3 Å². The maximum Gasteiger partial charge on any atom is 0.123 e. The largest absolute Gasteiger partial charge is 0.244 e. The summed E-state index contributed by atoms with van der Waals surface area (Å²) in [5.74, 6) is 0. The highest BCUT2D eigenvalue weighted by atomic mass is 32.1. The van der Waals surface area contributed by atoms with E-state index in [1.807, 2.05) is 24.5 Å². The van der Waals surface area contributed by atoms with Gasteiger partial charge in [0.05, 0.1) is 9.75 Å². The molecule has 0 aliphatic heterocycles. The molecule has 0 N–H and O–H groups in total. The van der Waals surface area contributed by atoms with Crippen LogP contribution in [0.1, 0.15) is 0 Å². The average molecular weight is 649 g/mol. The molecule has 0 aliphatic carbocycles. The number of aromatic nitrogens is 2. The van der Waals surface area contributed by atoms with Crippen LogP contribution in [0.15, 0.2) is 170 Å². The Morgan fingerprint density at radius 2 is 0.646 bits per heavy atom. The summed E-state index contributed by atoms with van der Waals surface area (Å²) in [5.41, 5.74) is 9.54. The van der Waals surface area contributed by atoms with Crippen LogP contribution < -0.4 is 0 Å². The number of rotatable bonds is 6. The third kappa shape index (κ3) is 5.51. The molecule has 2 aromatic heterocycles. The summed E-state index contributed by atoms with van der Waals surface area (Å²) >= 11 is 3.47. The molecule has 0 spiro atoms. The minimum Gasteiger partial charge on any atom is -0.244 e. The normalized spacial score (nSPS) is 11.3. The molecule has 9 aromatic rings. The quantitative estimate of drug-likeness (QED) is 0.168. The molecule has 0 amide bonds. The van der Waals surface area contributed by atoms with E-state index in [0.717, 1.165) is 21.1 Å². The predicted molar refractivity (Wildman–Crippen MR) is 205 cm³/mol. The fourth-order valence-electron chi connectivity index (χ4n) is 6.26. The zero-order chi connectivity index (χ0) is 31.9. The lowest BCUT2D eigenvalue weighted by Crippen LogP contribution is -1.80. The number of fused-ring (bicyclic) bond motifs is 2. The minimum atomic E-state index is 1.03. The number of hydrogen-bond donors (Lipinski definition) is 0. The molecule has 0 fully saturated rings. The standard InChI is InChI=1S/C44H28N2S2/c1-3-7-29(8-4-1)31-11-15-33(16-12-31)43-45-27-41(47-43)37-21-19-35-24-40-26-38(22-20-36(40)23-39(35)25-37)42-28-46-44(48-42)34-17-13-32(14-18-34)30-9-5-2-6-10-30/h1-28H. The first-order valence-electron chi connectivity index (χ1n) is 16.0. The van der Waals surface area contributed by atoms with Crippen molar-refractivity contribution in [3.05, 3.63) is 170 Å². The molecule has 0 saturated heterocycles. The fourth-order valence-corrected chi connectivity index (χ4v) is 8.09. The molecular formula is C44H28N2S2. The van der Waals surface area contributed by atoms with Crippen LogP contribution in [0.5, 0.6) is 0 Å². The molecule has 0 unspecified atom stereocenters. The second-order valence-corrected chi connectivity index (χ2v) is 14.0. The smallest absolute Gasteiger partial charge is 0.123 e. The van der Waals surface area contributed by atoms with Gasteiger partial charge in [0.1, 0.15) is 10.0 Å². The van der Waals surface area contributed by atoms with E-state index in [1.54, 1.807) is 22.7 Å². The van der Waals surface area contributed by atoms with Crippen LogP contribution in [0.4, 0.5) is 0 Å². The van der Waals surface area contributed by atoms with Gasteiger partial charge in [-0.1, -0.05) is 133 Å². The zero-order valence-electron chi connectivity index (χ0n) is 25.9. The van der Waals surface area contributed by atoms with E-state index in [0.29, 0.717) is 0 Å². The summed E-state index contributed by atoms with van der Waals surface area (Å²) in [5, 5.41) is 6.99. The molecule has 226 valence electrons. The van der Waals surface area contributed by atoms with E-state index in [4.69, 9.17) is 9.97 Å². The molecule has 0 atom stereocenters. The number of thiazole rings is 2. The van der Waals surface area contributed by atoms with Crippen LogP contribution in [0.3, 0.4) is 0 Å². The van der Waals surface area contributed by atoms with Crippen molar-refractivity contribution in [2.75, 3.05) is 0 Å². The van der Waals surface area contributed by atoms with Crippen LogP contribution in [-0.4, -0.2) is 9.97 Å². The predicted octanol–water partition coefficient (Wildman–Crippen LogP) is 12.9. The van der Waals surface area contributed by atoms with Crippen LogP contribution >= 0.6 is 22.7 Å². The van der Waals surface area contributed by atoms with Gasteiger partial charge in [0.2, 0.25) is 0 Å². The molecule has 4 heteroatoms. The Balaban J connectivity index is 0.957. The Morgan fingerprint density at radius 1 is 0.292 bits per heavy atom. The first-order chi connectivity index (χ1) is 23.7. The van der Waals surface area contributed by atoms with Gasteiger partial charge in [-0.15, -0.1) is 22.7 Å². The van der Waals surface area contributed by atoms with Gasteiger partial charge in [0.15, 0.2) is 0 Å². The van der Waals surface area contributed by atoms with Gasteiger partial charge >= 0.3 is 0 Å². The summed E-state index contributed by atoms with van der Waals surface area (Å²) in [4.78, 5) is 11.9. The van der Waals surface area contributed by atoms with Crippen molar-refractivity contribution in [1.29, 1.82) is 0 Å². The van der Waals surface area contributed by atoms with Crippen molar-refractivity contribution in [2.24, 2.45) is 0 Å². The highest BCUT2D eigenvalue weighted by Crippen LogP contribution is 2.37. The Morgan fingerprint density at radius 3 is 1.06 bits per heavy atom. The zero-order valence-corrected chi connectivity index (χ0v) is 27.5. The molecule has 9 rings (SSSR count). The average Bonchev–Trinajstić information content (AvgIpc) is 3.86. The highest BCUT2D eigenvalue weighted by molar-refractivity contribution is 7.18. The van der Waals surface area contributed by atoms with E-state index in [1.165, 1.54) is 64.7 Å². The van der Waals surface area contributed by atoms with Crippen LogP contribution in [0.2, 0.25) is 0 Å². The number of hydrogen-bond acceptors (Lipinski definition) is 4. The summed E-state index contributed by atoms with van der Waals surface area (Å²) in [6.45, 7) is 0. The number of benzene rings is 7. The van der Waals surface area contributed by atoms with E-state index in [2.05, 4.69) is 146 Å². The lowest BCUT2D eigenvalue weighted by atomic mass is 9.99. The van der Waals surface area contributed by atoms with Gasteiger partial charge in [-0.05, 0) is 79.2 Å². The first kappa shape index (κ1) is 28.5. The van der Waals surface area contributed by atoms with Crippen molar-refractivity contribution in [1.82, 2.24) is 9.97 Å². The van der Waals surface area contributed by atoms with E-state index < -0.39 is 0 Å². The van der Waals surface area contributed by atoms with E-state index in [-0.39, 0.29) is 0 Å². The molecule has 0 saturated carbocycles. The van der Waals surface area contributed by atoms with Gasteiger partial charge in [-0.2, -0.15) is 0 Å². The summed E-state index contributed by atoms with van der Waals surface area (Å²) < 4.78 is 0. The van der Waals surface area contributed by atoms with Crippen LogP contribution in [0, 0.1) is 0 Å². The van der Waals surface area contributed by atoms with Crippen molar-refractivity contribution in [2.45, 2.75) is 0 Å². The second kappa shape index (κ2) is 12.2. The molecule has 2 heterocycles. The molecule has 2 nitrogen and oxygen atoms in total. The van der Waals surface area contributed by atoms with Gasteiger partial charge in [0, 0.05) is 23.5 Å². The summed E-state index contributed by atoms with van der Waals surface area (Å²) in [7, 11) is 0. The SMILES string of the molecule is c1ccc(-c2ccc(-c3ncc(-c4ccc5cc6cc(-c7cnc(-c8ccc(-c9ccccc9)cc8)s7)ccc6cc5c4)s3)cc2)cc1. The van der Waals surface area contributed by atoms with Gasteiger partial charge in [0.25, 0.3) is 0 Å². The van der Waals surface area contributed by atoms with Crippen LogP contribution in [0.25, 0.3) is 85.8 Å². The molecule has 0 radical (unpaired) electrons. The first-order valence-corrected chi connectivity index (χ1v) is 17.6. The molecule has 48 heavy (non-hydrogen) atoms.